The minimum Gasteiger partial charge on any atom is -0.330 e. The van der Waals surface area contributed by atoms with E-state index in [1.807, 2.05) is 0 Å². The highest BCUT2D eigenvalue weighted by Crippen LogP contribution is 2.32. The van der Waals surface area contributed by atoms with Crippen LogP contribution in [0.4, 0.5) is 5.69 Å². The van der Waals surface area contributed by atoms with E-state index in [0.29, 0.717) is 13.1 Å². The van der Waals surface area contributed by atoms with Crippen molar-refractivity contribution in [3.63, 3.8) is 0 Å². The number of rotatable bonds is 8. The van der Waals surface area contributed by atoms with Crippen molar-refractivity contribution in [2.24, 2.45) is 5.73 Å². The molecular weight excluding hydrogens is 378 g/mol. The van der Waals surface area contributed by atoms with Gasteiger partial charge in [0.15, 0.2) is 0 Å². The van der Waals surface area contributed by atoms with Crippen molar-refractivity contribution >= 4 is 35.2 Å². The first-order chi connectivity index (χ1) is 13.9. The van der Waals surface area contributed by atoms with E-state index in [1.165, 1.54) is 12.1 Å². The van der Waals surface area contributed by atoms with Crippen LogP contribution >= 0.6 is 0 Å². The summed E-state index contributed by atoms with van der Waals surface area (Å²) in [6, 6.07) is 3.52. The first-order valence-corrected chi connectivity index (χ1v) is 9.49. The second-order valence-corrected chi connectivity index (χ2v) is 6.90. The topological polar surface area (TPSA) is 151 Å². The van der Waals surface area contributed by atoms with Gasteiger partial charge in [-0.25, -0.2) is 0 Å². The fraction of sp³-hybridized carbons (Fsp3) is 0.421. The van der Waals surface area contributed by atoms with E-state index < -0.39 is 29.7 Å². The Kier molecular flexibility index (Phi) is 6.35. The lowest BCUT2D eigenvalue weighted by atomic mass is 10.0. The number of nitrogens with one attached hydrogen (secondary N) is 3. The first-order valence-electron chi connectivity index (χ1n) is 9.49. The number of amides is 5. The molecule has 0 saturated carbocycles. The zero-order chi connectivity index (χ0) is 21.0. The van der Waals surface area contributed by atoms with Crippen molar-refractivity contribution in [3.05, 3.63) is 29.3 Å². The van der Waals surface area contributed by atoms with Gasteiger partial charge in [0.05, 0.1) is 23.4 Å². The lowest BCUT2D eigenvalue weighted by molar-refractivity contribution is -0.136. The minimum absolute atomic E-state index is 0.0449. The molecule has 2 aliphatic heterocycles. The van der Waals surface area contributed by atoms with Gasteiger partial charge < -0.3 is 16.4 Å². The van der Waals surface area contributed by atoms with Crippen molar-refractivity contribution in [2.75, 3.05) is 25.0 Å². The number of carbonyl (C=O) groups excluding carboxylic acids is 5. The molecule has 0 aliphatic carbocycles. The summed E-state index contributed by atoms with van der Waals surface area (Å²) in [5, 5.41) is 7.78. The van der Waals surface area contributed by atoms with Crippen molar-refractivity contribution in [1.29, 1.82) is 0 Å². The van der Waals surface area contributed by atoms with E-state index >= 15 is 0 Å². The smallest absolute Gasteiger partial charge is 0.264 e. The molecule has 3 rings (SSSR count). The summed E-state index contributed by atoms with van der Waals surface area (Å²) in [6.07, 6.45) is 1.82. The summed E-state index contributed by atoms with van der Waals surface area (Å²) in [5.74, 6) is -2.74. The van der Waals surface area contributed by atoms with E-state index in [-0.39, 0.29) is 42.1 Å². The third kappa shape index (κ3) is 4.33. The molecule has 10 nitrogen and oxygen atoms in total. The SMILES string of the molecule is NCCCCNCC(=O)Nc1cccc2c1C(=O)N(C1CCC(=O)NC1=O)C2=O. The van der Waals surface area contributed by atoms with Crippen molar-refractivity contribution in [1.82, 2.24) is 15.5 Å². The Morgan fingerprint density at radius 3 is 2.69 bits per heavy atom. The van der Waals surface area contributed by atoms with E-state index in [0.717, 1.165) is 17.7 Å². The van der Waals surface area contributed by atoms with Crippen LogP contribution in [0.3, 0.4) is 0 Å². The molecule has 154 valence electrons. The van der Waals surface area contributed by atoms with Crippen LogP contribution in [-0.2, 0) is 14.4 Å². The second kappa shape index (κ2) is 8.93. The Morgan fingerprint density at radius 2 is 1.97 bits per heavy atom. The van der Waals surface area contributed by atoms with Gasteiger partial charge in [-0.2, -0.15) is 0 Å². The average Bonchev–Trinajstić information content (AvgIpc) is 2.93. The van der Waals surface area contributed by atoms with Crippen LogP contribution in [0.15, 0.2) is 18.2 Å². The van der Waals surface area contributed by atoms with Gasteiger partial charge in [-0.05, 0) is 44.5 Å². The lowest BCUT2D eigenvalue weighted by Crippen LogP contribution is -2.54. The number of benzene rings is 1. The molecule has 1 aromatic rings. The number of anilines is 1. The summed E-state index contributed by atoms with van der Waals surface area (Å²) < 4.78 is 0. The van der Waals surface area contributed by atoms with Crippen LogP contribution in [0.1, 0.15) is 46.4 Å². The quantitative estimate of drug-likeness (QED) is 0.334. The minimum atomic E-state index is -1.05. The number of carbonyl (C=O) groups is 5. The Labute approximate surface area is 167 Å². The monoisotopic (exact) mass is 401 g/mol. The molecule has 0 spiro atoms. The number of fused-ring (bicyclic) bond motifs is 1. The van der Waals surface area contributed by atoms with Crippen molar-refractivity contribution < 1.29 is 24.0 Å². The van der Waals surface area contributed by atoms with Gasteiger partial charge >= 0.3 is 0 Å². The molecule has 1 fully saturated rings. The maximum atomic E-state index is 12.9. The van der Waals surface area contributed by atoms with Crippen LogP contribution in [-0.4, -0.2) is 60.1 Å². The fourth-order valence-corrected chi connectivity index (χ4v) is 3.41. The summed E-state index contributed by atoms with van der Waals surface area (Å²) in [7, 11) is 0. The molecule has 0 aromatic heterocycles. The molecule has 1 aromatic carbocycles. The van der Waals surface area contributed by atoms with Gasteiger partial charge in [-0.15, -0.1) is 0 Å². The van der Waals surface area contributed by atoms with Crippen molar-refractivity contribution in [3.8, 4) is 0 Å². The molecule has 29 heavy (non-hydrogen) atoms. The molecule has 1 unspecified atom stereocenters. The predicted octanol–water partition coefficient (Wildman–Crippen LogP) is -0.645. The summed E-state index contributed by atoms with van der Waals surface area (Å²) in [4.78, 5) is 62.2. The number of imide groups is 2. The summed E-state index contributed by atoms with van der Waals surface area (Å²) in [6.45, 7) is 1.27. The van der Waals surface area contributed by atoms with Crippen molar-refractivity contribution in [2.45, 2.75) is 31.7 Å². The third-order valence-electron chi connectivity index (χ3n) is 4.84. The van der Waals surface area contributed by atoms with Gasteiger partial charge in [0.2, 0.25) is 17.7 Å². The molecule has 1 saturated heterocycles. The second-order valence-electron chi connectivity index (χ2n) is 6.90. The van der Waals surface area contributed by atoms with Gasteiger partial charge in [-0.3, -0.25) is 34.2 Å². The van der Waals surface area contributed by atoms with E-state index in [9.17, 15) is 24.0 Å². The van der Waals surface area contributed by atoms with E-state index in [4.69, 9.17) is 5.73 Å². The fourth-order valence-electron chi connectivity index (χ4n) is 3.41. The number of piperidine rings is 1. The zero-order valence-electron chi connectivity index (χ0n) is 15.8. The highest BCUT2D eigenvalue weighted by Gasteiger charge is 2.45. The van der Waals surface area contributed by atoms with Crippen LogP contribution in [0.5, 0.6) is 0 Å². The Morgan fingerprint density at radius 1 is 1.17 bits per heavy atom. The highest BCUT2D eigenvalue weighted by atomic mass is 16.2. The number of unbranched alkanes of at least 4 members (excludes halogenated alkanes) is 1. The molecule has 5 amide bonds. The zero-order valence-corrected chi connectivity index (χ0v) is 15.8. The van der Waals surface area contributed by atoms with Gasteiger partial charge in [0, 0.05) is 6.42 Å². The Balaban J connectivity index is 1.72. The number of hydrogen-bond acceptors (Lipinski definition) is 7. The molecular formula is C19H23N5O5. The van der Waals surface area contributed by atoms with Crippen LogP contribution < -0.4 is 21.7 Å². The number of nitrogens with zero attached hydrogens (tertiary/aromatic N) is 1. The van der Waals surface area contributed by atoms with Crippen LogP contribution in [0, 0.1) is 0 Å². The Bertz CT molecular complexity index is 869. The van der Waals surface area contributed by atoms with Crippen LogP contribution in [0.2, 0.25) is 0 Å². The maximum absolute atomic E-state index is 12.9. The third-order valence-corrected chi connectivity index (χ3v) is 4.84. The van der Waals surface area contributed by atoms with E-state index in [1.54, 1.807) is 6.07 Å². The van der Waals surface area contributed by atoms with Gasteiger partial charge in [-0.1, -0.05) is 6.07 Å². The standard InChI is InChI=1S/C19H23N5O5/c20-8-1-2-9-21-10-15(26)22-12-5-3-4-11-16(12)19(29)24(18(11)28)13-6-7-14(25)23-17(13)27/h3-5,13,21H,1-2,6-10,20H2,(H,22,26)(H,23,25,27). The molecule has 5 N–H and O–H groups in total. The average molecular weight is 401 g/mol. The van der Waals surface area contributed by atoms with Gasteiger partial charge in [0.25, 0.3) is 11.8 Å². The van der Waals surface area contributed by atoms with Gasteiger partial charge in [0.1, 0.15) is 6.04 Å². The normalized spacial score (nSPS) is 18.7. The lowest BCUT2D eigenvalue weighted by Gasteiger charge is -2.27. The molecule has 2 aliphatic rings. The number of hydrogen-bond donors (Lipinski definition) is 4. The molecule has 2 heterocycles. The van der Waals surface area contributed by atoms with Crippen LogP contribution in [0.25, 0.3) is 0 Å². The summed E-state index contributed by atoms with van der Waals surface area (Å²) >= 11 is 0. The van der Waals surface area contributed by atoms with E-state index in [2.05, 4.69) is 16.0 Å². The summed E-state index contributed by atoms with van der Waals surface area (Å²) in [5.41, 5.74) is 5.80. The number of nitrogens with two attached hydrogens (primary N) is 1. The Hall–Kier alpha value is -3.11. The predicted molar refractivity (Wildman–Crippen MR) is 103 cm³/mol. The molecule has 0 radical (unpaired) electrons. The molecule has 1 atom stereocenters. The molecule has 0 bridgehead atoms. The highest BCUT2D eigenvalue weighted by molar-refractivity contribution is 6.26. The maximum Gasteiger partial charge on any atom is 0.264 e. The first kappa shape index (κ1) is 20.6. The molecule has 10 heteroatoms. The largest absolute Gasteiger partial charge is 0.330 e.